The van der Waals surface area contributed by atoms with Crippen LogP contribution < -0.4 is 24.2 Å². The van der Waals surface area contributed by atoms with E-state index >= 15 is 0 Å². The molecule has 0 amide bonds. The number of hydrogen-bond acceptors (Lipinski definition) is 6. The van der Waals surface area contributed by atoms with Crippen LogP contribution in [0.3, 0.4) is 0 Å². The average Bonchev–Trinajstić information content (AvgIpc) is 2.69. The highest BCUT2D eigenvalue weighted by Crippen LogP contribution is 2.36. The zero-order valence-electron chi connectivity index (χ0n) is 17.4. The lowest BCUT2D eigenvalue weighted by molar-refractivity contribution is 0.233. The molecule has 0 radical (unpaired) electrons. The van der Waals surface area contributed by atoms with E-state index in [1.165, 1.54) is 0 Å². The van der Waals surface area contributed by atoms with E-state index in [0.29, 0.717) is 35.5 Å². The lowest BCUT2D eigenvalue weighted by Crippen LogP contribution is -2.27. The molecular formula is C21H30N2O5S. The molecule has 1 unspecified atom stereocenters. The maximum atomic E-state index is 11.2. The first-order valence-corrected chi connectivity index (χ1v) is 11.3. The first-order chi connectivity index (χ1) is 13.8. The summed E-state index contributed by atoms with van der Waals surface area (Å²) in [5.41, 5.74) is 1.71. The third-order valence-electron chi connectivity index (χ3n) is 4.24. The van der Waals surface area contributed by atoms with Crippen molar-refractivity contribution in [2.45, 2.75) is 13.3 Å². The molecule has 0 aliphatic rings. The summed E-state index contributed by atoms with van der Waals surface area (Å²) in [6.07, 6.45) is 1.99. The number of methoxy groups -OCH3 is 2. The molecule has 1 atom stereocenters. The van der Waals surface area contributed by atoms with E-state index in [-0.39, 0.29) is 0 Å². The molecule has 160 valence electrons. The fraction of sp³-hybridized carbons (Fsp3) is 0.429. The van der Waals surface area contributed by atoms with Gasteiger partial charge in [0.05, 0.1) is 27.1 Å². The third-order valence-corrected chi connectivity index (χ3v) is 4.84. The molecule has 2 aromatic rings. The molecule has 8 heteroatoms. The van der Waals surface area contributed by atoms with E-state index in [1.54, 1.807) is 26.4 Å². The van der Waals surface area contributed by atoms with E-state index in [1.807, 2.05) is 30.3 Å². The molecule has 2 rings (SSSR count). The maximum absolute atomic E-state index is 11.2. The summed E-state index contributed by atoms with van der Waals surface area (Å²) in [7, 11) is -0.0299. The summed E-state index contributed by atoms with van der Waals surface area (Å²) in [4.78, 5) is 0. The van der Waals surface area contributed by atoms with Crippen LogP contribution in [0.2, 0.25) is 0 Å². The van der Waals surface area contributed by atoms with Crippen LogP contribution >= 0.6 is 0 Å². The number of para-hydroxylation sites is 1. The van der Waals surface area contributed by atoms with Crippen molar-refractivity contribution < 1.29 is 22.6 Å². The number of anilines is 1. The van der Waals surface area contributed by atoms with Crippen LogP contribution in [-0.2, 0) is 16.4 Å². The Bertz CT molecular complexity index is 847. The zero-order chi connectivity index (χ0) is 21.3. The summed E-state index contributed by atoms with van der Waals surface area (Å²) in [5, 5.41) is 3.43. The van der Waals surface area contributed by atoms with Gasteiger partial charge < -0.3 is 19.5 Å². The normalized spacial score (nSPS) is 12.3. The summed E-state index contributed by atoms with van der Waals surface area (Å²) >= 11 is 0. The van der Waals surface area contributed by atoms with Gasteiger partial charge in [-0.3, -0.25) is 4.72 Å². The SMILES string of the molecule is COc1cccc(OC)c1OCC(C)CNCCc1ccc(NS(C)(=O)=O)cc1. The highest BCUT2D eigenvalue weighted by Gasteiger charge is 2.13. The molecule has 0 saturated carbocycles. The fourth-order valence-electron chi connectivity index (χ4n) is 2.78. The molecule has 0 aliphatic heterocycles. The van der Waals surface area contributed by atoms with E-state index in [9.17, 15) is 8.42 Å². The van der Waals surface area contributed by atoms with Gasteiger partial charge in [0.15, 0.2) is 11.5 Å². The average molecular weight is 423 g/mol. The maximum Gasteiger partial charge on any atom is 0.229 e. The summed E-state index contributed by atoms with van der Waals surface area (Å²) in [6.45, 7) is 4.28. The molecule has 0 aromatic heterocycles. The van der Waals surface area contributed by atoms with Gasteiger partial charge in [0.25, 0.3) is 0 Å². The number of hydrogen-bond donors (Lipinski definition) is 2. The molecule has 0 heterocycles. The molecule has 2 N–H and O–H groups in total. The second-order valence-corrected chi connectivity index (χ2v) is 8.68. The van der Waals surface area contributed by atoms with Crippen molar-refractivity contribution in [3.8, 4) is 17.2 Å². The van der Waals surface area contributed by atoms with Gasteiger partial charge in [-0.2, -0.15) is 0 Å². The zero-order valence-corrected chi connectivity index (χ0v) is 18.2. The van der Waals surface area contributed by atoms with Gasteiger partial charge in [-0.1, -0.05) is 25.1 Å². The van der Waals surface area contributed by atoms with E-state index in [0.717, 1.165) is 31.3 Å². The van der Waals surface area contributed by atoms with Crippen molar-refractivity contribution >= 4 is 15.7 Å². The second kappa shape index (κ2) is 10.9. The first-order valence-electron chi connectivity index (χ1n) is 9.43. The van der Waals surface area contributed by atoms with Crippen LogP contribution in [0.1, 0.15) is 12.5 Å². The van der Waals surface area contributed by atoms with E-state index in [2.05, 4.69) is 17.0 Å². The first kappa shape index (κ1) is 22.8. The van der Waals surface area contributed by atoms with Crippen LogP contribution in [0.5, 0.6) is 17.2 Å². The molecular weight excluding hydrogens is 392 g/mol. The van der Waals surface area contributed by atoms with Crippen molar-refractivity contribution in [3.05, 3.63) is 48.0 Å². The molecule has 0 spiro atoms. The Labute approximate surface area is 173 Å². The van der Waals surface area contributed by atoms with Gasteiger partial charge in [-0.15, -0.1) is 0 Å². The lowest BCUT2D eigenvalue weighted by atomic mass is 10.1. The topological polar surface area (TPSA) is 85.9 Å². The highest BCUT2D eigenvalue weighted by molar-refractivity contribution is 7.92. The van der Waals surface area contributed by atoms with Gasteiger partial charge in [-0.25, -0.2) is 8.42 Å². The highest BCUT2D eigenvalue weighted by atomic mass is 32.2. The summed E-state index contributed by atoms with van der Waals surface area (Å²) in [5.74, 6) is 2.22. The van der Waals surface area contributed by atoms with Crippen molar-refractivity contribution in [1.29, 1.82) is 0 Å². The van der Waals surface area contributed by atoms with Gasteiger partial charge in [0.1, 0.15) is 0 Å². The standard InChI is InChI=1S/C21H30N2O5S/c1-16(15-28-21-19(26-2)6-5-7-20(21)27-3)14-22-13-12-17-8-10-18(11-9-17)23-29(4,24)25/h5-11,16,22-23H,12-15H2,1-4H3. The van der Waals surface area contributed by atoms with Gasteiger partial charge in [-0.05, 0) is 42.8 Å². The molecule has 0 aliphatic carbocycles. The van der Waals surface area contributed by atoms with Crippen molar-refractivity contribution in [2.24, 2.45) is 5.92 Å². The Balaban J connectivity index is 1.73. The number of ether oxygens (including phenoxy) is 3. The third kappa shape index (κ3) is 7.83. The Morgan fingerprint density at radius 1 is 1.00 bits per heavy atom. The smallest absolute Gasteiger partial charge is 0.229 e. The van der Waals surface area contributed by atoms with E-state index < -0.39 is 10.0 Å². The molecule has 2 aromatic carbocycles. The summed E-state index contributed by atoms with van der Waals surface area (Å²) in [6, 6.07) is 12.9. The molecule has 0 bridgehead atoms. The minimum Gasteiger partial charge on any atom is -0.493 e. The van der Waals surface area contributed by atoms with Gasteiger partial charge in [0.2, 0.25) is 15.8 Å². The number of nitrogens with one attached hydrogen (secondary N) is 2. The second-order valence-electron chi connectivity index (χ2n) is 6.93. The Morgan fingerprint density at radius 3 is 2.17 bits per heavy atom. The molecule has 0 saturated heterocycles. The molecule has 7 nitrogen and oxygen atoms in total. The predicted octanol–water partition coefficient (Wildman–Crippen LogP) is 2.92. The van der Waals surface area contributed by atoms with Crippen molar-refractivity contribution in [1.82, 2.24) is 5.32 Å². The van der Waals surface area contributed by atoms with Crippen LogP contribution in [0.4, 0.5) is 5.69 Å². The monoisotopic (exact) mass is 422 g/mol. The predicted molar refractivity (Wildman–Crippen MR) is 116 cm³/mol. The minimum absolute atomic E-state index is 0.297. The van der Waals surface area contributed by atoms with Crippen LogP contribution in [-0.4, -0.2) is 48.6 Å². The van der Waals surface area contributed by atoms with Crippen molar-refractivity contribution in [2.75, 3.05) is 44.9 Å². The Hall–Kier alpha value is -2.45. The molecule has 0 fully saturated rings. The van der Waals surface area contributed by atoms with Crippen LogP contribution in [0.15, 0.2) is 42.5 Å². The number of rotatable bonds is 12. The number of sulfonamides is 1. The van der Waals surface area contributed by atoms with Crippen LogP contribution in [0.25, 0.3) is 0 Å². The Morgan fingerprint density at radius 2 is 1.62 bits per heavy atom. The fourth-order valence-corrected chi connectivity index (χ4v) is 3.34. The number of benzene rings is 2. The summed E-state index contributed by atoms with van der Waals surface area (Å²) < 4.78 is 41.5. The lowest BCUT2D eigenvalue weighted by Gasteiger charge is -2.17. The quantitative estimate of drug-likeness (QED) is 0.512. The largest absolute Gasteiger partial charge is 0.493 e. The van der Waals surface area contributed by atoms with E-state index in [4.69, 9.17) is 14.2 Å². The van der Waals surface area contributed by atoms with Crippen LogP contribution in [0, 0.1) is 5.92 Å². The van der Waals surface area contributed by atoms with Gasteiger partial charge in [0, 0.05) is 18.2 Å². The minimum atomic E-state index is -3.25. The Kier molecular flexibility index (Phi) is 8.60. The van der Waals surface area contributed by atoms with Crippen molar-refractivity contribution in [3.63, 3.8) is 0 Å². The molecule has 29 heavy (non-hydrogen) atoms. The van der Waals surface area contributed by atoms with Gasteiger partial charge >= 0.3 is 0 Å².